The van der Waals surface area contributed by atoms with Gasteiger partial charge in [-0.15, -0.1) is 11.8 Å². The fraction of sp³-hybridized carbons (Fsp3) is 0.188. The molecule has 0 radical (unpaired) electrons. The number of hydrogen-bond acceptors (Lipinski definition) is 3. The highest BCUT2D eigenvalue weighted by molar-refractivity contribution is 7.98. The number of carbonyl (C=O) groups is 1. The molecule has 2 aromatic carbocycles. The Hall–Kier alpha value is -2.01. The average molecular weight is 305 g/mol. The summed E-state index contributed by atoms with van der Waals surface area (Å²) >= 11 is 1.40. The van der Waals surface area contributed by atoms with Crippen LogP contribution in [0.15, 0.2) is 47.4 Å². The van der Waals surface area contributed by atoms with E-state index < -0.39 is 5.97 Å². The summed E-state index contributed by atoms with van der Waals surface area (Å²) in [6.45, 7) is 0.543. The van der Waals surface area contributed by atoms with Gasteiger partial charge < -0.3 is 10.4 Å². The highest BCUT2D eigenvalue weighted by atomic mass is 32.2. The summed E-state index contributed by atoms with van der Waals surface area (Å²) in [7, 11) is 0. The zero-order chi connectivity index (χ0) is 15.2. The smallest absolute Gasteiger partial charge is 0.338 e. The van der Waals surface area contributed by atoms with Crippen LogP contribution >= 0.6 is 11.8 Å². The van der Waals surface area contributed by atoms with E-state index in [1.54, 1.807) is 18.2 Å². The topological polar surface area (TPSA) is 49.3 Å². The molecule has 0 atom stereocenters. The summed E-state index contributed by atoms with van der Waals surface area (Å²) in [5.74, 6) is -1.21. The fourth-order valence-corrected chi connectivity index (χ4v) is 2.72. The van der Waals surface area contributed by atoms with Gasteiger partial charge in [-0.3, -0.25) is 0 Å². The third kappa shape index (κ3) is 3.98. The van der Waals surface area contributed by atoms with Crippen LogP contribution in [0, 0.1) is 5.82 Å². The van der Waals surface area contributed by atoms with E-state index in [0.29, 0.717) is 18.7 Å². The third-order valence-electron chi connectivity index (χ3n) is 3.08. The number of thioether (sulfide) groups is 1. The van der Waals surface area contributed by atoms with Crippen molar-refractivity contribution in [2.24, 2.45) is 0 Å². The summed E-state index contributed by atoms with van der Waals surface area (Å²) in [6, 6.07) is 11.8. The first-order valence-corrected chi connectivity index (χ1v) is 7.73. The molecular weight excluding hydrogens is 289 g/mol. The number of hydrogen-bond donors (Lipinski definition) is 2. The van der Waals surface area contributed by atoms with Crippen LogP contribution in [0.2, 0.25) is 0 Å². The molecule has 0 aromatic heterocycles. The number of nitrogens with one attached hydrogen (secondary N) is 1. The van der Waals surface area contributed by atoms with Crippen LogP contribution in [-0.4, -0.2) is 23.9 Å². The molecule has 3 nitrogen and oxygen atoms in total. The molecule has 110 valence electrons. The first-order chi connectivity index (χ1) is 10.1. The molecule has 21 heavy (non-hydrogen) atoms. The van der Waals surface area contributed by atoms with Gasteiger partial charge in [-0.2, -0.15) is 0 Å². The molecule has 0 unspecified atom stereocenters. The van der Waals surface area contributed by atoms with Crippen molar-refractivity contribution in [3.05, 3.63) is 59.4 Å². The fourth-order valence-electron chi connectivity index (χ4n) is 2.10. The van der Waals surface area contributed by atoms with E-state index in [9.17, 15) is 14.3 Å². The summed E-state index contributed by atoms with van der Waals surface area (Å²) < 4.78 is 13.1. The van der Waals surface area contributed by atoms with Crippen LogP contribution in [0.25, 0.3) is 0 Å². The molecule has 0 saturated carbocycles. The van der Waals surface area contributed by atoms with Crippen molar-refractivity contribution in [3.63, 3.8) is 0 Å². The maximum atomic E-state index is 13.1. The summed E-state index contributed by atoms with van der Waals surface area (Å²) in [6.07, 6.45) is 2.47. The lowest BCUT2D eigenvalue weighted by Crippen LogP contribution is -2.10. The van der Waals surface area contributed by atoms with Crippen LogP contribution in [0.1, 0.15) is 15.9 Å². The Balaban J connectivity index is 2.08. The molecule has 0 fully saturated rings. The predicted octanol–water partition coefficient (Wildman–Crippen LogP) is 3.90. The van der Waals surface area contributed by atoms with Crippen molar-refractivity contribution < 1.29 is 14.3 Å². The van der Waals surface area contributed by atoms with E-state index in [1.807, 2.05) is 18.4 Å². The van der Waals surface area contributed by atoms with Crippen LogP contribution in [0.4, 0.5) is 10.1 Å². The molecule has 2 aromatic rings. The number of halogens is 1. The zero-order valence-corrected chi connectivity index (χ0v) is 12.4. The van der Waals surface area contributed by atoms with E-state index in [-0.39, 0.29) is 11.4 Å². The minimum absolute atomic E-state index is 0.261. The van der Waals surface area contributed by atoms with Gasteiger partial charge in [0.1, 0.15) is 5.82 Å². The van der Waals surface area contributed by atoms with Crippen molar-refractivity contribution in [2.75, 3.05) is 18.1 Å². The van der Waals surface area contributed by atoms with Gasteiger partial charge in [0, 0.05) is 17.1 Å². The van der Waals surface area contributed by atoms with Crippen LogP contribution in [0.5, 0.6) is 0 Å². The van der Waals surface area contributed by atoms with E-state index in [4.69, 9.17) is 0 Å². The normalized spacial score (nSPS) is 10.4. The number of rotatable bonds is 6. The minimum Gasteiger partial charge on any atom is -0.478 e. The molecule has 0 aliphatic heterocycles. The highest BCUT2D eigenvalue weighted by Gasteiger charge is 2.14. The van der Waals surface area contributed by atoms with Gasteiger partial charge in [-0.25, -0.2) is 9.18 Å². The number of carboxylic acid groups (broad SMARTS) is 1. The van der Waals surface area contributed by atoms with Gasteiger partial charge in [0.15, 0.2) is 0 Å². The maximum absolute atomic E-state index is 13.1. The van der Waals surface area contributed by atoms with Gasteiger partial charge in [0.2, 0.25) is 0 Å². The summed E-state index contributed by atoms with van der Waals surface area (Å²) in [5, 5.41) is 12.4. The Morgan fingerprint density at radius 3 is 2.71 bits per heavy atom. The Morgan fingerprint density at radius 2 is 2.05 bits per heavy atom. The molecule has 0 aliphatic rings. The van der Waals surface area contributed by atoms with Crippen molar-refractivity contribution in [1.82, 2.24) is 0 Å². The lowest BCUT2D eigenvalue weighted by atomic mass is 10.1. The monoisotopic (exact) mass is 305 g/mol. The Kier molecular flexibility index (Phi) is 5.22. The zero-order valence-electron chi connectivity index (χ0n) is 11.6. The Morgan fingerprint density at radius 1 is 1.29 bits per heavy atom. The SMILES string of the molecule is CSc1cccc(NCCc2cccc(F)c2)c1C(=O)O. The number of anilines is 1. The first-order valence-electron chi connectivity index (χ1n) is 6.50. The van der Waals surface area contributed by atoms with Gasteiger partial charge in [-0.1, -0.05) is 18.2 Å². The Bertz CT molecular complexity index is 646. The number of carboxylic acids is 1. The minimum atomic E-state index is -0.951. The van der Waals surface area contributed by atoms with E-state index >= 15 is 0 Å². The second-order valence-corrected chi connectivity index (χ2v) is 5.34. The molecule has 2 N–H and O–H groups in total. The Labute approximate surface area is 127 Å². The molecule has 5 heteroatoms. The maximum Gasteiger partial charge on any atom is 0.338 e. The second kappa shape index (κ2) is 7.13. The largest absolute Gasteiger partial charge is 0.478 e. The number of aromatic carboxylic acids is 1. The quantitative estimate of drug-likeness (QED) is 0.795. The third-order valence-corrected chi connectivity index (χ3v) is 3.86. The predicted molar refractivity (Wildman–Crippen MR) is 83.8 cm³/mol. The molecule has 0 bridgehead atoms. The molecule has 0 saturated heterocycles. The van der Waals surface area contributed by atoms with Gasteiger partial charge in [-0.05, 0) is 42.5 Å². The van der Waals surface area contributed by atoms with Gasteiger partial charge >= 0.3 is 5.97 Å². The summed E-state index contributed by atoms with van der Waals surface area (Å²) in [5.41, 5.74) is 1.75. The average Bonchev–Trinajstić information content (AvgIpc) is 2.46. The van der Waals surface area contributed by atoms with E-state index in [2.05, 4.69) is 5.32 Å². The van der Waals surface area contributed by atoms with E-state index in [0.717, 1.165) is 10.5 Å². The standard InChI is InChI=1S/C16H16FNO2S/c1-21-14-7-3-6-13(15(14)16(19)20)18-9-8-11-4-2-5-12(17)10-11/h2-7,10,18H,8-9H2,1H3,(H,19,20). The van der Waals surface area contributed by atoms with Crippen molar-refractivity contribution >= 4 is 23.4 Å². The molecule has 2 rings (SSSR count). The highest BCUT2D eigenvalue weighted by Crippen LogP contribution is 2.27. The lowest BCUT2D eigenvalue weighted by molar-refractivity contribution is 0.0694. The molecule has 0 spiro atoms. The van der Waals surface area contributed by atoms with Crippen molar-refractivity contribution in [2.45, 2.75) is 11.3 Å². The number of benzene rings is 2. The molecule has 0 heterocycles. The van der Waals surface area contributed by atoms with Gasteiger partial charge in [0.25, 0.3) is 0 Å². The molecule has 0 aliphatic carbocycles. The summed E-state index contributed by atoms with van der Waals surface area (Å²) in [4.78, 5) is 12.1. The van der Waals surface area contributed by atoms with Gasteiger partial charge in [0.05, 0.1) is 5.56 Å². The van der Waals surface area contributed by atoms with Crippen LogP contribution in [-0.2, 0) is 6.42 Å². The van der Waals surface area contributed by atoms with Crippen LogP contribution < -0.4 is 5.32 Å². The molecule has 0 amide bonds. The van der Waals surface area contributed by atoms with Crippen molar-refractivity contribution in [1.29, 1.82) is 0 Å². The first kappa shape index (κ1) is 15.4. The second-order valence-electron chi connectivity index (χ2n) is 4.49. The molecular formula is C16H16FNO2S. The van der Waals surface area contributed by atoms with E-state index in [1.165, 1.54) is 23.9 Å². The van der Waals surface area contributed by atoms with Crippen molar-refractivity contribution in [3.8, 4) is 0 Å². The van der Waals surface area contributed by atoms with Crippen LogP contribution in [0.3, 0.4) is 0 Å². The lowest BCUT2D eigenvalue weighted by Gasteiger charge is -2.12.